The minimum absolute atomic E-state index is 0.0151. The molecule has 1 fully saturated rings. The molecule has 1 saturated heterocycles. The summed E-state index contributed by atoms with van der Waals surface area (Å²) in [5, 5.41) is 13.8. The zero-order chi connectivity index (χ0) is 15.0. The first-order valence-corrected chi connectivity index (χ1v) is 8.65. The lowest BCUT2D eigenvalue weighted by Crippen LogP contribution is -2.38. The van der Waals surface area contributed by atoms with Gasteiger partial charge in [-0.1, -0.05) is 6.42 Å². The maximum atomic E-state index is 11.4. The summed E-state index contributed by atoms with van der Waals surface area (Å²) in [4.78, 5) is 21.7. The SMILES string of the molecule is O=C(O)CCCCCNC(=O)NCC1CCS(=O)(=O)C1. The van der Waals surface area contributed by atoms with Crippen molar-refractivity contribution in [2.24, 2.45) is 5.92 Å². The highest BCUT2D eigenvalue weighted by Gasteiger charge is 2.27. The summed E-state index contributed by atoms with van der Waals surface area (Å²) in [7, 11) is -2.90. The molecule has 7 nitrogen and oxygen atoms in total. The number of sulfone groups is 1. The van der Waals surface area contributed by atoms with Gasteiger partial charge in [0.1, 0.15) is 0 Å². The molecule has 1 rings (SSSR count). The van der Waals surface area contributed by atoms with Gasteiger partial charge in [-0.2, -0.15) is 0 Å². The standard InChI is InChI=1S/C12H22N2O5S/c15-11(16)4-2-1-3-6-13-12(17)14-8-10-5-7-20(18,19)9-10/h10H,1-9H2,(H,15,16)(H2,13,14,17). The van der Waals surface area contributed by atoms with Gasteiger partial charge in [0.05, 0.1) is 11.5 Å². The van der Waals surface area contributed by atoms with Gasteiger partial charge in [-0.05, 0) is 25.2 Å². The van der Waals surface area contributed by atoms with Gasteiger partial charge in [-0.15, -0.1) is 0 Å². The van der Waals surface area contributed by atoms with Gasteiger partial charge in [0, 0.05) is 19.5 Å². The van der Waals surface area contributed by atoms with Crippen LogP contribution in [0, 0.1) is 5.92 Å². The van der Waals surface area contributed by atoms with E-state index in [0.717, 1.165) is 12.8 Å². The van der Waals surface area contributed by atoms with E-state index in [1.807, 2.05) is 0 Å². The molecule has 0 spiro atoms. The molecule has 1 aliphatic rings. The van der Waals surface area contributed by atoms with Crippen LogP contribution < -0.4 is 10.6 Å². The lowest BCUT2D eigenvalue weighted by Gasteiger charge is -2.10. The van der Waals surface area contributed by atoms with Crippen LogP contribution in [0.5, 0.6) is 0 Å². The van der Waals surface area contributed by atoms with E-state index in [0.29, 0.717) is 25.9 Å². The number of hydrogen-bond donors (Lipinski definition) is 3. The zero-order valence-electron chi connectivity index (χ0n) is 11.4. The second kappa shape index (κ2) is 8.08. The quantitative estimate of drug-likeness (QED) is 0.561. The van der Waals surface area contributed by atoms with Crippen LogP contribution in [0.3, 0.4) is 0 Å². The van der Waals surface area contributed by atoms with E-state index in [1.165, 1.54) is 0 Å². The van der Waals surface area contributed by atoms with Gasteiger partial charge in [0.15, 0.2) is 9.84 Å². The summed E-state index contributed by atoms with van der Waals surface area (Å²) in [6.45, 7) is 0.874. The average Bonchev–Trinajstić information content (AvgIpc) is 2.70. The van der Waals surface area contributed by atoms with E-state index < -0.39 is 15.8 Å². The Hall–Kier alpha value is -1.31. The summed E-state index contributed by atoms with van der Waals surface area (Å²) in [6, 6.07) is -0.299. The number of carbonyl (C=O) groups excluding carboxylic acids is 1. The number of nitrogens with one attached hydrogen (secondary N) is 2. The predicted octanol–water partition coefficient (Wildman–Crippen LogP) is 0.365. The number of hydrogen-bond acceptors (Lipinski definition) is 4. The highest BCUT2D eigenvalue weighted by atomic mass is 32.2. The van der Waals surface area contributed by atoms with Crippen molar-refractivity contribution in [2.75, 3.05) is 24.6 Å². The molecule has 1 atom stereocenters. The van der Waals surface area contributed by atoms with Gasteiger partial charge >= 0.3 is 12.0 Å². The van der Waals surface area contributed by atoms with Crippen molar-refractivity contribution in [3.05, 3.63) is 0 Å². The van der Waals surface area contributed by atoms with Crippen LogP contribution in [-0.4, -0.2) is 50.1 Å². The second-order valence-electron chi connectivity index (χ2n) is 5.11. The van der Waals surface area contributed by atoms with Crippen molar-refractivity contribution in [3.8, 4) is 0 Å². The molecule has 0 aliphatic carbocycles. The fourth-order valence-corrected chi connectivity index (χ4v) is 3.97. The number of rotatable bonds is 8. The Balaban J connectivity index is 2.00. The summed E-state index contributed by atoms with van der Waals surface area (Å²) in [6.07, 6.45) is 2.87. The molecule has 8 heteroatoms. The van der Waals surface area contributed by atoms with Crippen LogP contribution in [0.25, 0.3) is 0 Å². The van der Waals surface area contributed by atoms with Gasteiger partial charge in [0.25, 0.3) is 0 Å². The molecule has 1 unspecified atom stereocenters. The van der Waals surface area contributed by atoms with Crippen molar-refractivity contribution in [2.45, 2.75) is 32.1 Å². The molecule has 0 bridgehead atoms. The van der Waals surface area contributed by atoms with E-state index in [4.69, 9.17) is 5.11 Å². The fourth-order valence-electron chi connectivity index (χ4n) is 2.11. The minimum atomic E-state index is -2.90. The molecule has 0 aromatic heterocycles. The van der Waals surface area contributed by atoms with Crippen LogP contribution in [-0.2, 0) is 14.6 Å². The van der Waals surface area contributed by atoms with Crippen molar-refractivity contribution in [1.29, 1.82) is 0 Å². The van der Waals surface area contributed by atoms with E-state index in [2.05, 4.69) is 10.6 Å². The van der Waals surface area contributed by atoms with Gasteiger partial charge in [-0.3, -0.25) is 4.79 Å². The van der Waals surface area contributed by atoms with E-state index in [9.17, 15) is 18.0 Å². The maximum Gasteiger partial charge on any atom is 0.314 e. The van der Waals surface area contributed by atoms with Crippen LogP contribution in [0.4, 0.5) is 4.79 Å². The first-order valence-electron chi connectivity index (χ1n) is 6.83. The monoisotopic (exact) mass is 306 g/mol. The normalized spacial score (nSPS) is 20.5. The van der Waals surface area contributed by atoms with Crippen molar-refractivity contribution >= 4 is 21.8 Å². The van der Waals surface area contributed by atoms with E-state index in [-0.39, 0.29) is 29.9 Å². The first kappa shape index (κ1) is 16.7. The lowest BCUT2D eigenvalue weighted by atomic mass is 10.1. The highest BCUT2D eigenvalue weighted by Crippen LogP contribution is 2.17. The van der Waals surface area contributed by atoms with Crippen molar-refractivity contribution in [3.63, 3.8) is 0 Å². The van der Waals surface area contributed by atoms with Gasteiger partial charge < -0.3 is 15.7 Å². The highest BCUT2D eigenvalue weighted by molar-refractivity contribution is 7.91. The first-order chi connectivity index (χ1) is 9.39. The number of carboxylic acid groups (broad SMARTS) is 1. The summed E-state index contributed by atoms with van der Waals surface area (Å²) >= 11 is 0. The summed E-state index contributed by atoms with van der Waals surface area (Å²) in [5.74, 6) is -0.420. The smallest absolute Gasteiger partial charge is 0.314 e. The predicted molar refractivity (Wildman–Crippen MR) is 74.3 cm³/mol. The summed E-state index contributed by atoms with van der Waals surface area (Å²) in [5.41, 5.74) is 0. The molecular weight excluding hydrogens is 284 g/mol. The number of aliphatic carboxylic acids is 1. The lowest BCUT2D eigenvalue weighted by molar-refractivity contribution is -0.137. The fraction of sp³-hybridized carbons (Fsp3) is 0.833. The average molecular weight is 306 g/mol. The molecule has 0 saturated carbocycles. The molecule has 116 valence electrons. The topological polar surface area (TPSA) is 113 Å². The maximum absolute atomic E-state index is 11.4. The molecule has 3 N–H and O–H groups in total. The Bertz CT molecular complexity index is 435. The molecule has 0 aromatic rings. The molecule has 1 heterocycles. The third-order valence-electron chi connectivity index (χ3n) is 3.23. The number of unbranched alkanes of at least 4 members (excludes halogenated alkanes) is 2. The Morgan fingerprint density at radius 2 is 1.90 bits per heavy atom. The summed E-state index contributed by atoms with van der Waals surface area (Å²) < 4.78 is 22.5. The Morgan fingerprint density at radius 3 is 2.50 bits per heavy atom. The molecule has 2 amide bonds. The molecule has 1 aliphatic heterocycles. The van der Waals surface area contributed by atoms with Gasteiger partial charge in [0.2, 0.25) is 0 Å². The van der Waals surface area contributed by atoms with Crippen LogP contribution in [0.15, 0.2) is 0 Å². The Kier molecular flexibility index (Phi) is 6.77. The van der Waals surface area contributed by atoms with E-state index in [1.54, 1.807) is 0 Å². The van der Waals surface area contributed by atoms with Gasteiger partial charge in [-0.25, -0.2) is 13.2 Å². The number of urea groups is 1. The largest absolute Gasteiger partial charge is 0.481 e. The van der Waals surface area contributed by atoms with Crippen LogP contribution >= 0.6 is 0 Å². The van der Waals surface area contributed by atoms with Crippen molar-refractivity contribution in [1.82, 2.24) is 10.6 Å². The number of carbonyl (C=O) groups is 2. The van der Waals surface area contributed by atoms with Crippen LogP contribution in [0.1, 0.15) is 32.1 Å². The Morgan fingerprint density at radius 1 is 1.15 bits per heavy atom. The number of carboxylic acids is 1. The number of amides is 2. The molecule has 20 heavy (non-hydrogen) atoms. The third kappa shape index (κ3) is 7.32. The Labute approximate surface area is 119 Å². The molecule has 0 radical (unpaired) electrons. The minimum Gasteiger partial charge on any atom is -0.481 e. The second-order valence-corrected chi connectivity index (χ2v) is 7.34. The van der Waals surface area contributed by atoms with Crippen LogP contribution in [0.2, 0.25) is 0 Å². The third-order valence-corrected chi connectivity index (χ3v) is 5.07. The molecule has 0 aromatic carbocycles. The zero-order valence-corrected chi connectivity index (χ0v) is 12.2. The molecular formula is C12H22N2O5S. The van der Waals surface area contributed by atoms with E-state index >= 15 is 0 Å². The van der Waals surface area contributed by atoms with Crippen molar-refractivity contribution < 1.29 is 23.1 Å².